The van der Waals surface area contributed by atoms with Gasteiger partial charge in [0.2, 0.25) is 5.91 Å². The van der Waals surface area contributed by atoms with Crippen LogP contribution in [0.25, 0.3) is 0 Å². The van der Waals surface area contributed by atoms with Gasteiger partial charge in [0, 0.05) is 12.0 Å². The fourth-order valence-corrected chi connectivity index (χ4v) is 4.21. The Hall–Kier alpha value is -1.31. The molecule has 3 rings (SSSR count). The second-order valence-electron chi connectivity index (χ2n) is 7.80. The van der Waals surface area contributed by atoms with Gasteiger partial charge in [0.1, 0.15) is 0 Å². The fourth-order valence-electron chi connectivity index (χ4n) is 4.21. The van der Waals surface area contributed by atoms with E-state index in [0.717, 1.165) is 18.8 Å². The number of benzene rings is 1. The minimum Gasteiger partial charge on any atom is -0.353 e. The van der Waals surface area contributed by atoms with Crippen LogP contribution < -0.4 is 5.32 Å². The molecular weight excluding hydrogens is 270 g/mol. The van der Waals surface area contributed by atoms with Crippen LogP contribution in [0.2, 0.25) is 0 Å². The molecule has 1 N–H and O–H groups in total. The van der Waals surface area contributed by atoms with E-state index in [2.05, 4.69) is 50.4 Å². The van der Waals surface area contributed by atoms with E-state index < -0.39 is 0 Å². The molecule has 2 nitrogen and oxygen atoms in total. The van der Waals surface area contributed by atoms with Crippen LogP contribution in [0.15, 0.2) is 30.3 Å². The summed E-state index contributed by atoms with van der Waals surface area (Å²) in [6.07, 6.45) is 4.74. The Morgan fingerprint density at radius 2 is 1.86 bits per heavy atom. The highest BCUT2D eigenvalue weighted by Crippen LogP contribution is 2.47. The van der Waals surface area contributed by atoms with Gasteiger partial charge in [-0.1, -0.05) is 57.5 Å². The first-order valence-corrected chi connectivity index (χ1v) is 8.91. The second-order valence-corrected chi connectivity index (χ2v) is 7.80. The van der Waals surface area contributed by atoms with Crippen molar-refractivity contribution in [2.45, 2.75) is 58.4 Å². The second kappa shape index (κ2) is 6.44. The van der Waals surface area contributed by atoms with Crippen molar-refractivity contribution in [2.75, 3.05) is 0 Å². The summed E-state index contributed by atoms with van der Waals surface area (Å²) in [5.74, 6) is 2.98. The van der Waals surface area contributed by atoms with Crippen LogP contribution in [-0.4, -0.2) is 11.9 Å². The summed E-state index contributed by atoms with van der Waals surface area (Å²) in [5.41, 5.74) is 1.32. The highest BCUT2D eigenvalue weighted by molar-refractivity contribution is 5.83. The van der Waals surface area contributed by atoms with E-state index >= 15 is 0 Å². The molecule has 5 unspecified atom stereocenters. The third-order valence-electron chi connectivity index (χ3n) is 5.70. The number of carbonyl (C=O) groups excluding carboxylic acids is 1. The van der Waals surface area contributed by atoms with E-state index in [4.69, 9.17) is 0 Å². The van der Waals surface area contributed by atoms with Crippen molar-refractivity contribution >= 4 is 5.91 Å². The van der Waals surface area contributed by atoms with Crippen LogP contribution in [0.5, 0.6) is 0 Å². The topological polar surface area (TPSA) is 29.1 Å². The first kappa shape index (κ1) is 15.6. The minimum atomic E-state index is 0.201. The van der Waals surface area contributed by atoms with Crippen molar-refractivity contribution < 1.29 is 4.79 Å². The molecule has 120 valence electrons. The number of hydrogen-bond acceptors (Lipinski definition) is 1. The molecule has 0 radical (unpaired) electrons. The van der Waals surface area contributed by atoms with Crippen molar-refractivity contribution in [2.24, 2.45) is 23.7 Å². The van der Waals surface area contributed by atoms with Gasteiger partial charge in [0.25, 0.3) is 0 Å². The zero-order valence-electron chi connectivity index (χ0n) is 14.1. The maximum Gasteiger partial charge on any atom is 0.223 e. The quantitative estimate of drug-likeness (QED) is 0.879. The Morgan fingerprint density at radius 3 is 2.55 bits per heavy atom. The molecule has 1 aromatic carbocycles. The lowest BCUT2D eigenvalue weighted by Gasteiger charge is -2.37. The molecule has 1 amide bonds. The molecule has 0 heterocycles. The Morgan fingerprint density at radius 1 is 1.14 bits per heavy atom. The summed E-state index contributed by atoms with van der Waals surface area (Å²) in [4.78, 5) is 12.6. The summed E-state index contributed by atoms with van der Waals surface area (Å²) in [5, 5.41) is 3.40. The van der Waals surface area contributed by atoms with Gasteiger partial charge >= 0.3 is 0 Å². The Bertz CT molecular complexity index is 510. The Kier molecular flexibility index (Phi) is 4.56. The van der Waals surface area contributed by atoms with Gasteiger partial charge in [-0.2, -0.15) is 0 Å². The zero-order valence-corrected chi connectivity index (χ0v) is 14.1. The molecule has 22 heavy (non-hydrogen) atoms. The average molecular weight is 299 g/mol. The maximum atomic E-state index is 12.6. The van der Waals surface area contributed by atoms with E-state index in [9.17, 15) is 4.79 Å². The van der Waals surface area contributed by atoms with E-state index in [1.807, 2.05) is 6.07 Å². The summed E-state index contributed by atoms with van der Waals surface area (Å²) in [6.45, 7) is 6.91. The van der Waals surface area contributed by atoms with Crippen molar-refractivity contribution in [1.82, 2.24) is 5.32 Å². The normalized spacial score (nSPS) is 34.5. The number of amides is 1. The van der Waals surface area contributed by atoms with Crippen LogP contribution in [0.3, 0.4) is 0 Å². The minimum absolute atomic E-state index is 0.201. The monoisotopic (exact) mass is 299 g/mol. The lowest BCUT2D eigenvalue weighted by atomic mass is 9.74. The SMILES string of the molecule is CC1CCC(C(C)C)C(NC(=O)C2CC2c2ccccc2)C1. The molecule has 2 saturated carbocycles. The van der Waals surface area contributed by atoms with Crippen LogP contribution in [0.1, 0.15) is 57.9 Å². The zero-order chi connectivity index (χ0) is 15.7. The van der Waals surface area contributed by atoms with E-state index in [1.54, 1.807) is 0 Å². The van der Waals surface area contributed by atoms with E-state index in [0.29, 0.717) is 29.7 Å². The lowest BCUT2D eigenvalue weighted by Crippen LogP contribution is -2.46. The molecule has 1 aromatic rings. The predicted octanol–water partition coefficient (Wildman–Crippen LogP) is 4.37. The van der Waals surface area contributed by atoms with Crippen LogP contribution in [0.4, 0.5) is 0 Å². The largest absolute Gasteiger partial charge is 0.353 e. The van der Waals surface area contributed by atoms with Crippen LogP contribution >= 0.6 is 0 Å². The maximum absolute atomic E-state index is 12.6. The Balaban J connectivity index is 1.59. The predicted molar refractivity (Wildman–Crippen MR) is 90.6 cm³/mol. The molecular formula is C20H29NO. The van der Waals surface area contributed by atoms with Gasteiger partial charge in [-0.05, 0) is 48.5 Å². The van der Waals surface area contributed by atoms with Crippen LogP contribution in [0, 0.1) is 23.7 Å². The third kappa shape index (κ3) is 3.37. The first-order chi connectivity index (χ1) is 10.6. The van der Waals surface area contributed by atoms with Gasteiger partial charge in [0.05, 0.1) is 0 Å². The van der Waals surface area contributed by atoms with Crippen molar-refractivity contribution in [3.63, 3.8) is 0 Å². The highest BCUT2D eigenvalue weighted by atomic mass is 16.2. The summed E-state index contributed by atoms with van der Waals surface area (Å²) >= 11 is 0. The third-order valence-corrected chi connectivity index (χ3v) is 5.70. The number of nitrogens with one attached hydrogen (secondary N) is 1. The molecule has 2 aliphatic carbocycles. The van der Waals surface area contributed by atoms with Gasteiger partial charge < -0.3 is 5.32 Å². The lowest BCUT2D eigenvalue weighted by molar-refractivity contribution is -0.124. The fraction of sp³-hybridized carbons (Fsp3) is 0.650. The van der Waals surface area contributed by atoms with Gasteiger partial charge in [-0.3, -0.25) is 4.79 Å². The summed E-state index contributed by atoms with van der Waals surface area (Å²) in [7, 11) is 0. The molecule has 0 saturated heterocycles. The summed E-state index contributed by atoms with van der Waals surface area (Å²) in [6, 6.07) is 10.9. The van der Waals surface area contributed by atoms with E-state index in [-0.39, 0.29) is 5.92 Å². The smallest absolute Gasteiger partial charge is 0.223 e. The van der Waals surface area contributed by atoms with E-state index in [1.165, 1.54) is 18.4 Å². The molecule has 0 aliphatic heterocycles. The van der Waals surface area contributed by atoms with Crippen molar-refractivity contribution in [3.8, 4) is 0 Å². The number of hydrogen-bond donors (Lipinski definition) is 1. The van der Waals surface area contributed by atoms with Crippen LogP contribution in [-0.2, 0) is 4.79 Å². The van der Waals surface area contributed by atoms with Gasteiger partial charge in [0.15, 0.2) is 0 Å². The molecule has 0 aromatic heterocycles. The Labute approximate surface area is 134 Å². The molecule has 2 fully saturated rings. The standard InChI is InChI=1S/C20H29NO/c1-13(2)16-10-9-14(3)11-19(16)21-20(22)18-12-17(18)15-7-5-4-6-8-15/h4-8,13-14,16-19H,9-12H2,1-3H3,(H,21,22). The molecule has 0 spiro atoms. The first-order valence-electron chi connectivity index (χ1n) is 8.91. The average Bonchev–Trinajstić information content (AvgIpc) is 3.28. The van der Waals surface area contributed by atoms with Gasteiger partial charge in [-0.15, -0.1) is 0 Å². The highest BCUT2D eigenvalue weighted by Gasteiger charge is 2.45. The number of rotatable bonds is 4. The molecule has 0 bridgehead atoms. The van der Waals surface area contributed by atoms with Gasteiger partial charge in [-0.25, -0.2) is 0 Å². The number of carbonyl (C=O) groups is 1. The molecule has 2 aliphatic rings. The van der Waals surface area contributed by atoms with Crippen molar-refractivity contribution in [1.29, 1.82) is 0 Å². The van der Waals surface area contributed by atoms with Crippen molar-refractivity contribution in [3.05, 3.63) is 35.9 Å². The molecule has 5 atom stereocenters. The molecule has 2 heteroatoms. The summed E-state index contributed by atoms with van der Waals surface area (Å²) < 4.78 is 0.